The summed E-state index contributed by atoms with van der Waals surface area (Å²) in [7, 11) is 2.72. The molecule has 22 amide bonds. The maximum absolute atomic E-state index is 15.6. The lowest BCUT2D eigenvalue weighted by atomic mass is 9.96. The number of para-hydroxylation sites is 1. The van der Waals surface area contributed by atoms with Gasteiger partial charge in [-0.05, 0) is 84.4 Å². The Labute approximate surface area is 879 Å². The second-order valence-electron chi connectivity index (χ2n) is 37.2. The predicted octanol–water partition coefficient (Wildman–Crippen LogP) is -5.56. The fraction of sp³-hybridized carbons (Fsp3) is 0.495. The number of primary amides is 1. The summed E-state index contributed by atoms with van der Waals surface area (Å²) in [6.45, 7) is 9.93. The number of nitrogens with two attached hydrogens (primary N) is 1. The zero-order chi connectivity index (χ0) is 110. The Kier molecular flexibility index (Phi) is 47.9. The molecule has 5 aromatic rings. The number of hydrogen-bond donors (Lipinski definition) is 26. The molecule has 8 rings (SSSR count). The number of aliphatic hydroxyl groups excluding tert-OH is 1. The van der Waals surface area contributed by atoms with Gasteiger partial charge in [-0.1, -0.05) is 196 Å². The highest BCUT2D eigenvalue weighted by Crippen LogP contribution is 2.28. The van der Waals surface area contributed by atoms with Gasteiger partial charge in [0, 0.05) is 65.8 Å². The Bertz CT molecular complexity index is 5670. The van der Waals surface area contributed by atoms with E-state index in [2.05, 4.69) is 117 Å². The molecule has 150 heavy (non-hydrogen) atoms. The van der Waals surface area contributed by atoms with Gasteiger partial charge in [-0.2, -0.15) is 0 Å². The molecule has 814 valence electrons. The maximum Gasteiger partial charge on any atom is 0.326 e. The first kappa shape index (κ1) is 121. The largest absolute Gasteiger partial charge is 0.508 e. The van der Waals surface area contributed by atoms with E-state index < -0.39 is 337 Å². The second-order valence-corrected chi connectivity index (χ2v) is 42.3. The monoisotopic (exact) mass is 2160 g/mol. The molecule has 0 aliphatic carbocycles. The molecule has 3 aliphatic heterocycles. The summed E-state index contributed by atoms with van der Waals surface area (Å²) < 4.78 is 0. The molecule has 49 nitrogen and oxygen atoms in total. The molecule has 27 N–H and O–H groups in total. The highest BCUT2D eigenvalue weighted by molar-refractivity contribution is 8.77. The average molecular weight is 2160 g/mol. The number of rotatable bonds is 22. The van der Waals surface area contributed by atoms with Crippen LogP contribution in [0.25, 0.3) is 10.9 Å². The van der Waals surface area contributed by atoms with Crippen molar-refractivity contribution in [2.75, 3.05) is 55.8 Å². The van der Waals surface area contributed by atoms with Crippen LogP contribution in [-0.2, 0) is 136 Å². The quantitative estimate of drug-likeness (QED) is 0.0287. The van der Waals surface area contributed by atoms with E-state index in [9.17, 15) is 87.2 Å². The minimum Gasteiger partial charge on any atom is -0.508 e. The van der Waals surface area contributed by atoms with Gasteiger partial charge in [0.1, 0.15) is 108 Å². The van der Waals surface area contributed by atoms with E-state index in [0.29, 0.717) is 54.7 Å². The Morgan fingerprint density at radius 3 is 1.42 bits per heavy atom. The van der Waals surface area contributed by atoms with E-state index in [1.807, 2.05) is 0 Å². The van der Waals surface area contributed by atoms with Crippen LogP contribution in [0.4, 0.5) is 0 Å². The number of hydrogen-bond acceptors (Lipinski definition) is 29. The first-order valence-electron chi connectivity index (χ1n) is 48.4. The van der Waals surface area contributed by atoms with Crippen LogP contribution in [-0.4, -0.2) is 315 Å². The number of aromatic amines is 1. The number of aliphatic hydroxyl groups is 1. The Hall–Kier alpha value is -14.6. The van der Waals surface area contributed by atoms with Gasteiger partial charge in [-0.25, -0.2) is 4.79 Å². The van der Waals surface area contributed by atoms with E-state index in [-0.39, 0.29) is 37.9 Å². The number of carbonyl (C=O) groups is 23. The SMILES string of the molecule is CC[C@H](C)[C@@H]1NC(=O)[C@H](C)NC(=O)[C@H](Cc2ccc(O)cc2)NC(=O)CNC(=O)[C@@H]2CSSC[C@@H]3NC(=O)C[C@H](NC(=O)[C@H](CC(N)=O)NC(=O)[C@H](CSSC[C@@H](C(=O)N[C@@H](Cc4ccccc4)C(=O)N[C@@H](Cc4c[nH]c5ccccc45)C(=O)O)NC(=O)C(C(C)C)NC1=O)NC(=O)[C@H](CO)NC(=O)CNC(=O)C(C(C)C)NC(=O)CNC(=O)C(CC(C)C)NC3=O)C(=O)N[C@@H](Cc1ccccc1)C(=O)N[C@@H](C)C(=O)NCC(=O)N2. The lowest BCUT2D eigenvalue weighted by Crippen LogP contribution is -2.62. The summed E-state index contributed by atoms with van der Waals surface area (Å²) in [5, 5.41) is 84.2. The van der Waals surface area contributed by atoms with E-state index in [1.54, 1.807) is 107 Å². The number of H-pyrrole nitrogens is 1. The molecule has 0 spiro atoms. The third-order valence-electron chi connectivity index (χ3n) is 24.0. The van der Waals surface area contributed by atoms with Gasteiger partial charge in [-0.3, -0.25) is 105 Å². The predicted molar refractivity (Wildman–Crippen MR) is 552 cm³/mol. The smallest absolute Gasteiger partial charge is 0.326 e. The van der Waals surface area contributed by atoms with E-state index in [4.69, 9.17) is 5.73 Å². The van der Waals surface area contributed by atoms with Crippen LogP contribution in [0, 0.1) is 23.7 Å². The van der Waals surface area contributed by atoms with Crippen molar-refractivity contribution in [3.63, 3.8) is 0 Å². The minimum atomic E-state index is -2.32. The molecule has 3 unspecified atom stereocenters. The summed E-state index contributed by atoms with van der Waals surface area (Å²) >= 11 is 0. The zero-order valence-electron chi connectivity index (χ0n) is 84.1. The highest BCUT2D eigenvalue weighted by Gasteiger charge is 2.42. The summed E-state index contributed by atoms with van der Waals surface area (Å²) in [5.74, 6) is -32.8. The first-order valence-corrected chi connectivity index (χ1v) is 53.4. The lowest BCUT2D eigenvalue weighted by Gasteiger charge is -2.30. The van der Waals surface area contributed by atoms with Crippen molar-refractivity contribution < 1.29 is 126 Å². The van der Waals surface area contributed by atoms with E-state index in [1.165, 1.54) is 77.9 Å². The summed E-state index contributed by atoms with van der Waals surface area (Å²) in [6.07, 6.45) is -2.37. The number of aromatic hydroxyl groups is 1. The molecular formula is C97H131N23O26S4. The van der Waals surface area contributed by atoms with Gasteiger partial charge in [0.25, 0.3) is 0 Å². The third kappa shape index (κ3) is 38.8. The Balaban J connectivity index is 1.31. The van der Waals surface area contributed by atoms with E-state index in [0.717, 1.165) is 21.6 Å². The van der Waals surface area contributed by atoms with Crippen molar-refractivity contribution in [3.05, 3.63) is 138 Å². The van der Waals surface area contributed by atoms with Crippen molar-refractivity contribution in [1.29, 1.82) is 0 Å². The molecule has 0 saturated carbocycles. The molecule has 3 aliphatic rings. The Morgan fingerprint density at radius 2 is 0.847 bits per heavy atom. The van der Waals surface area contributed by atoms with Crippen LogP contribution in [0.1, 0.15) is 117 Å². The van der Waals surface area contributed by atoms with Crippen LogP contribution < -0.4 is 117 Å². The number of amides is 22. The number of aromatic nitrogens is 1. The summed E-state index contributed by atoms with van der Waals surface area (Å²) in [5.41, 5.74) is 8.02. The normalized spacial score (nSPS) is 24.8. The number of benzene rings is 4. The standard InChI is InChI=1S/C97H131N23O26S4/c1-11-50(8)80-96(144)119-79(49(6)7)95(143)117-71(93(141)112-63(32-54-22-16-13-17-23-54)87(135)115-66(97(145)146)34-56-37-99-59-25-19-18-24-58(56)59)46-150-149-45-70-92(140)113-64(35-72(98)123)88(136)114-65-36-73(124)108-69(91(139)110-60(30-47(2)3)83(131)101-41-77(128)118-78(48(4)5)94(142)103-40-75(126)107-67(42-121)90(138)116-70)44-148-147-43-68(109-76(127)38-100-81(129)51(9)104-86(134)62(111-89(65)137)31-53-20-14-12-15-21-53)84(132)102-39-74(125)106-61(33-55-26-28-57(122)29-27-55)85(133)105-52(10)82(130)120-80/h12-29,37,47-52,60-71,78-80,99,121-122H,11,30-36,38-46H2,1-10H3,(H2,98,123)(H,100,129)(H,101,131)(H,102,132)(H,103,142)(H,104,134)(H,105,133)(H,106,125)(H,107,126)(H,108,124)(H,109,127)(H,110,139)(H,111,137)(H,112,141)(H,113,140)(H,114,136)(H,115,135)(H,116,138)(H,117,143)(H,118,128)(H,119,144)(H,120,130)(H,145,146)/t50-,51-,52-,60?,61-,62-,63-,64-,65-,66-,67-,68-,69-,70-,71-,78?,79?,80-/m0/s1. The molecule has 3 fully saturated rings. The molecule has 1 aromatic heterocycles. The molecule has 18 atom stereocenters. The fourth-order valence-electron chi connectivity index (χ4n) is 15.4. The first-order chi connectivity index (χ1) is 71.2. The Morgan fingerprint density at radius 1 is 0.400 bits per heavy atom. The van der Waals surface area contributed by atoms with Crippen LogP contribution in [0.5, 0.6) is 5.75 Å². The number of carboxylic acids is 1. The topological polar surface area (TPSA) is 748 Å². The molecular weight excluding hydrogens is 2030 g/mol. The summed E-state index contributed by atoms with van der Waals surface area (Å²) in [4.78, 5) is 339. The molecule has 4 aromatic carbocycles. The second kappa shape index (κ2) is 59.5. The van der Waals surface area contributed by atoms with Gasteiger partial charge in [0.05, 0.1) is 45.6 Å². The van der Waals surface area contributed by atoms with Crippen LogP contribution in [0.15, 0.2) is 115 Å². The van der Waals surface area contributed by atoms with Gasteiger partial charge < -0.3 is 138 Å². The average Bonchev–Trinajstić information content (AvgIpc) is 1.63. The van der Waals surface area contributed by atoms with Gasteiger partial charge in [0.2, 0.25) is 130 Å². The third-order valence-corrected chi connectivity index (χ3v) is 28.8. The zero-order valence-corrected chi connectivity index (χ0v) is 87.3. The van der Waals surface area contributed by atoms with Gasteiger partial charge >= 0.3 is 5.97 Å². The highest BCUT2D eigenvalue weighted by atomic mass is 33.1. The number of aliphatic carboxylic acids is 1. The fourth-order valence-corrected chi connectivity index (χ4v) is 20.1. The molecule has 4 bridgehead atoms. The van der Waals surface area contributed by atoms with Crippen LogP contribution in [0.2, 0.25) is 0 Å². The number of carboxylic acid groups (broad SMARTS) is 1. The number of phenols is 1. The number of fused-ring (bicyclic) bond motifs is 10. The van der Waals surface area contributed by atoms with Crippen molar-refractivity contribution in [2.45, 2.75) is 223 Å². The van der Waals surface area contributed by atoms with Crippen molar-refractivity contribution in [2.24, 2.45) is 29.4 Å². The van der Waals surface area contributed by atoms with E-state index >= 15 is 38.4 Å². The molecule has 4 heterocycles. The van der Waals surface area contributed by atoms with Crippen molar-refractivity contribution in [1.82, 2.24) is 117 Å². The molecule has 0 radical (unpaired) electrons. The minimum absolute atomic E-state index is 0.170. The lowest BCUT2D eigenvalue weighted by molar-refractivity contribution is -0.142. The molecule has 53 heteroatoms. The van der Waals surface area contributed by atoms with Crippen molar-refractivity contribution >= 4 is 190 Å². The van der Waals surface area contributed by atoms with Crippen LogP contribution in [0.3, 0.4) is 0 Å². The molecule has 3 saturated heterocycles. The van der Waals surface area contributed by atoms with Gasteiger partial charge in [0.15, 0.2) is 0 Å². The summed E-state index contributed by atoms with van der Waals surface area (Å²) in [6, 6.07) is -2.34. The maximum atomic E-state index is 15.6. The van der Waals surface area contributed by atoms with Crippen LogP contribution >= 0.6 is 43.2 Å². The number of nitrogens with one attached hydrogen (secondary N) is 22. The van der Waals surface area contributed by atoms with Gasteiger partial charge in [-0.15, -0.1) is 0 Å². The number of phenolic OH excluding ortho intramolecular Hbond substituents is 1. The van der Waals surface area contributed by atoms with Crippen molar-refractivity contribution in [3.8, 4) is 5.75 Å². The number of carbonyl (C=O) groups excluding carboxylic acids is 22.